The third-order valence-corrected chi connectivity index (χ3v) is 3.18. The Morgan fingerprint density at radius 1 is 1.29 bits per heavy atom. The third kappa shape index (κ3) is 5.69. The molecule has 0 radical (unpaired) electrons. The number of carbonyl (C=O) groups excluding carboxylic acids is 2. The Bertz CT molecular complexity index is 483. The van der Waals surface area contributed by atoms with Gasteiger partial charge in [-0.15, -0.1) is 6.58 Å². The van der Waals surface area contributed by atoms with Crippen LogP contribution in [-0.2, 0) is 6.54 Å². The van der Waals surface area contributed by atoms with Crippen molar-refractivity contribution in [3.8, 4) is 0 Å². The Labute approximate surface area is 125 Å². The van der Waals surface area contributed by atoms with E-state index in [1.807, 2.05) is 19.1 Å². The molecule has 0 saturated carbocycles. The van der Waals surface area contributed by atoms with Crippen LogP contribution < -0.4 is 16.0 Å². The first-order valence-corrected chi connectivity index (χ1v) is 7.07. The van der Waals surface area contributed by atoms with Gasteiger partial charge in [0, 0.05) is 25.2 Å². The van der Waals surface area contributed by atoms with E-state index >= 15 is 0 Å². The van der Waals surface area contributed by atoms with Crippen LogP contribution in [-0.4, -0.2) is 25.0 Å². The maximum atomic E-state index is 11.8. The summed E-state index contributed by atoms with van der Waals surface area (Å²) in [7, 11) is 1.59. The fourth-order valence-electron chi connectivity index (χ4n) is 1.87. The van der Waals surface area contributed by atoms with Crippen LogP contribution in [0.2, 0.25) is 0 Å². The van der Waals surface area contributed by atoms with Crippen LogP contribution in [0.25, 0.3) is 0 Å². The molecule has 5 nitrogen and oxygen atoms in total. The van der Waals surface area contributed by atoms with Gasteiger partial charge in [0.25, 0.3) is 5.91 Å². The van der Waals surface area contributed by atoms with Gasteiger partial charge in [0.05, 0.1) is 0 Å². The van der Waals surface area contributed by atoms with Gasteiger partial charge in [-0.05, 0) is 30.5 Å². The molecule has 1 aromatic carbocycles. The van der Waals surface area contributed by atoms with Crippen molar-refractivity contribution in [1.29, 1.82) is 0 Å². The lowest BCUT2D eigenvalue weighted by molar-refractivity contribution is 0.0963. The zero-order valence-corrected chi connectivity index (χ0v) is 12.6. The number of benzene rings is 1. The SMILES string of the molecule is C=CC[C@@H](CC)NC(=O)NCc1ccc(C(=O)NC)cc1. The normalized spacial score (nSPS) is 11.3. The molecule has 0 bridgehead atoms. The predicted octanol–water partition coefficient (Wildman–Crippen LogP) is 2.20. The Balaban J connectivity index is 2.45. The fraction of sp³-hybridized carbons (Fsp3) is 0.375. The van der Waals surface area contributed by atoms with Crippen molar-refractivity contribution in [2.45, 2.75) is 32.4 Å². The van der Waals surface area contributed by atoms with Crippen molar-refractivity contribution in [3.63, 3.8) is 0 Å². The molecule has 0 aliphatic heterocycles. The lowest BCUT2D eigenvalue weighted by atomic mass is 10.1. The number of nitrogens with one attached hydrogen (secondary N) is 3. The molecule has 1 rings (SSSR count). The second kappa shape index (κ2) is 8.79. The van der Waals surface area contributed by atoms with E-state index in [-0.39, 0.29) is 18.0 Å². The average molecular weight is 289 g/mol. The first kappa shape index (κ1) is 16.8. The number of rotatable bonds is 7. The summed E-state index contributed by atoms with van der Waals surface area (Å²) >= 11 is 0. The van der Waals surface area contributed by atoms with E-state index < -0.39 is 0 Å². The van der Waals surface area contributed by atoms with E-state index in [4.69, 9.17) is 0 Å². The van der Waals surface area contributed by atoms with Gasteiger partial charge in [-0.3, -0.25) is 4.79 Å². The van der Waals surface area contributed by atoms with Gasteiger partial charge in [0.2, 0.25) is 0 Å². The van der Waals surface area contributed by atoms with Gasteiger partial charge in [-0.1, -0.05) is 25.1 Å². The zero-order valence-electron chi connectivity index (χ0n) is 12.6. The van der Waals surface area contributed by atoms with Gasteiger partial charge < -0.3 is 16.0 Å². The number of carbonyl (C=O) groups is 2. The van der Waals surface area contributed by atoms with Crippen LogP contribution in [0.1, 0.15) is 35.7 Å². The lowest BCUT2D eigenvalue weighted by Gasteiger charge is -2.15. The minimum absolute atomic E-state index is 0.109. The van der Waals surface area contributed by atoms with Crippen LogP contribution in [0.4, 0.5) is 4.79 Å². The van der Waals surface area contributed by atoms with E-state index in [1.165, 1.54) is 0 Å². The summed E-state index contributed by atoms with van der Waals surface area (Å²) in [4.78, 5) is 23.2. The molecule has 3 amide bonds. The van der Waals surface area contributed by atoms with Crippen molar-refractivity contribution < 1.29 is 9.59 Å². The first-order chi connectivity index (χ1) is 10.1. The van der Waals surface area contributed by atoms with Gasteiger partial charge in [-0.2, -0.15) is 0 Å². The van der Waals surface area contributed by atoms with Crippen molar-refractivity contribution in [2.75, 3.05) is 7.05 Å². The summed E-state index contributed by atoms with van der Waals surface area (Å²) in [6.45, 7) is 6.12. The number of urea groups is 1. The van der Waals surface area contributed by atoms with Crippen LogP contribution in [0.15, 0.2) is 36.9 Å². The van der Waals surface area contributed by atoms with E-state index in [1.54, 1.807) is 25.3 Å². The maximum absolute atomic E-state index is 11.8. The van der Waals surface area contributed by atoms with Gasteiger partial charge >= 0.3 is 6.03 Å². The second-order valence-corrected chi connectivity index (χ2v) is 4.73. The quantitative estimate of drug-likeness (QED) is 0.673. The molecule has 21 heavy (non-hydrogen) atoms. The van der Waals surface area contributed by atoms with Crippen LogP contribution in [0, 0.1) is 0 Å². The zero-order chi connectivity index (χ0) is 15.7. The first-order valence-electron chi connectivity index (χ1n) is 7.07. The molecule has 0 saturated heterocycles. The average Bonchev–Trinajstić information content (AvgIpc) is 2.52. The fourth-order valence-corrected chi connectivity index (χ4v) is 1.87. The highest BCUT2D eigenvalue weighted by molar-refractivity contribution is 5.93. The molecule has 114 valence electrons. The summed E-state index contributed by atoms with van der Waals surface area (Å²) < 4.78 is 0. The van der Waals surface area contributed by atoms with Crippen molar-refractivity contribution in [2.24, 2.45) is 0 Å². The Hall–Kier alpha value is -2.30. The summed E-state index contributed by atoms with van der Waals surface area (Å²) in [6, 6.07) is 7.04. The van der Waals surface area contributed by atoms with E-state index in [9.17, 15) is 9.59 Å². The molecule has 0 aliphatic rings. The van der Waals surface area contributed by atoms with E-state index in [0.717, 1.165) is 18.4 Å². The van der Waals surface area contributed by atoms with Gasteiger partial charge in [0.1, 0.15) is 0 Å². The standard InChI is InChI=1S/C16H23N3O2/c1-4-6-14(5-2)19-16(21)18-11-12-7-9-13(10-8-12)15(20)17-3/h4,7-10,14H,1,5-6,11H2,2-3H3,(H,17,20)(H2,18,19,21)/t14-/m1/s1. The van der Waals surface area contributed by atoms with Crippen molar-refractivity contribution >= 4 is 11.9 Å². The van der Waals surface area contributed by atoms with Crippen molar-refractivity contribution in [3.05, 3.63) is 48.0 Å². The number of hydrogen-bond donors (Lipinski definition) is 3. The molecular formula is C16H23N3O2. The highest BCUT2D eigenvalue weighted by Gasteiger charge is 2.08. The van der Waals surface area contributed by atoms with Crippen LogP contribution in [0.5, 0.6) is 0 Å². The number of amides is 3. The minimum Gasteiger partial charge on any atom is -0.355 e. The molecule has 3 N–H and O–H groups in total. The molecule has 1 atom stereocenters. The van der Waals surface area contributed by atoms with Gasteiger partial charge in [-0.25, -0.2) is 4.79 Å². The summed E-state index contributed by atoms with van der Waals surface area (Å²) in [5.41, 5.74) is 1.54. The maximum Gasteiger partial charge on any atom is 0.315 e. The Kier molecular flexibility index (Phi) is 7.01. The molecule has 0 aromatic heterocycles. The summed E-state index contributed by atoms with van der Waals surface area (Å²) in [6.07, 6.45) is 3.41. The minimum atomic E-state index is -0.195. The van der Waals surface area contributed by atoms with Crippen LogP contribution in [0.3, 0.4) is 0 Å². The number of hydrogen-bond acceptors (Lipinski definition) is 2. The largest absolute Gasteiger partial charge is 0.355 e. The molecular weight excluding hydrogens is 266 g/mol. The van der Waals surface area contributed by atoms with E-state index in [2.05, 4.69) is 22.5 Å². The molecule has 0 unspecified atom stereocenters. The predicted molar refractivity (Wildman–Crippen MR) is 84.1 cm³/mol. The van der Waals surface area contributed by atoms with Crippen LogP contribution >= 0.6 is 0 Å². The Morgan fingerprint density at radius 3 is 2.48 bits per heavy atom. The van der Waals surface area contributed by atoms with E-state index in [0.29, 0.717) is 12.1 Å². The Morgan fingerprint density at radius 2 is 1.95 bits per heavy atom. The summed E-state index contributed by atoms with van der Waals surface area (Å²) in [5.74, 6) is -0.123. The third-order valence-electron chi connectivity index (χ3n) is 3.18. The highest BCUT2D eigenvalue weighted by Crippen LogP contribution is 2.04. The molecule has 1 aromatic rings. The molecule has 0 fully saturated rings. The highest BCUT2D eigenvalue weighted by atomic mass is 16.2. The topological polar surface area (TPSA) is 70.2 Å². The van der Waals surface area contributed by atoms with Crippen molar-refractivity contribution in [1.82, 2.24) is 16.0 Å². The monoisotopic (exact) mass is 289 g/mol. The lowest BCUT2D eigenvalue weighted by Crippen LogP contribution is -2.41. The molecule has 0 heterocycles. The molecule has 0 spiro atoms. The molecule has 0 aliphatic carbocycles. The second-order valence-electron chi connectivity index (χ2n) is 4.73. The molecule has 5 heteroatoms. The summed E-state index contributed by atoms with van der Waals surface area (Å²) in [5, 5.41) is 8.26. The smallest absolute Gasteiger partial charge is 0.315 e. The van der Waals surface area contributed by atoms with Gasteiger partial charge in [0.15, 0.2) is 0 Å².